The zero-order valence-corrected chi connectivity index (χ0v) is 14.9. The Kier molecular flexibility index (Phi) is 3.77. The lowest BCUT2D eigenvalue weighted by molar-refractivity contribution is 0.0963. The van der Waals surface area contributed by atoms with Gasteiger partial charge in [-0.25, -0.2) is 14.6 Å². The number of halogens is 1. The van der Waals surface area contributed by atoms with Gasteiger partial charge in [0.1, 0.15) is 17.8 Å². The Hall–Kier alpha value is -3.13. The average Bonchev–Trinajstić information content (AvgIpc) is 3.19. The molecule has 26 heavy (non-hydrogen) atoms. The van der Waals surface area contributed by atoms with Crippen molar-refractivity contribution in [3.63, 3.8) is 0 Å². The second-order valence-corrected chi connectivity index (χ2v) is 6.15. The normalized spacial score (nSPS) is 11.3. The van der Waals surface area contributed by atoms with Crippen molar-refractivity contribution in [2.24, 2.45) is 0 Å². The van der Waals surface area contributed by atoms with Gasteiger partial charge in [-0.15, -0.1) is 0 Å². The third-order valence-electron chi connectivity index (χ3n) is 4.32. The van der Waals surface area contributed by atoms with Gasteiger partial charge >= 0.3 is 0 Å². The zero-order valence-electron chi connectivity index (χ0n) is 14.2. The molecule has 0 aliphatic heterocycles. The third kappa shape index (κ3) is 2.30. The highest BCUT2D eigenvalue weighted by Crippen LogP contribution is 2.38. The van der Waals surface area contributed by atoms with Crippen molar-refractivity contribution >= 4 is 45.3 Å². The van der Waals surface area contributed by atoms with Crippen LogP contribution in [0.5, 0.6) is 0 Å². The number of anilines is 1. The third-order valence-corrected chi connectivity index (χ3v) is 4.71. The van der Waals surface area contributed by atoms with Gasteiger partial charge in [0, 0.05) is 30.1 Å². The number of hydrogen-bond donors (Lipinski definition) is 3. The second kappa shape index (κ2) is 5.99. The Bertz CT molecular complexity index is 1160. The lowest BCUT2D eigenvalue weighted by Crippen LogP contribution is -2.17. The van der Waals surface area contributed by atoms with Crippen molar-refractivity contribution in [3.05, 3.63) is 35.1 Å². The van der Waals surface area contributed by atoms with Gasteiger partial charge in [0.25, 0.3) is 5.91 Å². The van der Waals surface area contributed by atoms with E-state index in [1.807, 2.05) is 6.92 Å². The Morgan fingerprint density at radius 3 is 2.92 bits per heavy atom. The molecule has 4 rings (SSSR count). The number of nitrogens with zero attached hydrogens (tertiary/aromatic N) is 4. The molecular weight excluding hydrogens is 354 g/mol. The van der Waals surface area contributed by atoms with Crippen molar-refractivity contribution in [1.29, 1.82) is 0 Å². The molecule has 4 N–H and O–H groups in total. The van der Waals surface area contributed by atoms with Crippen LogP contribution < -0.4 is 11.1 Å². The van der Waals surface area contributed by atoms with Crippen molar-refractivity contribution in [2.75, 3.05) is 12.8 Å². The summed E-state index contributed by atoms with van der Waals surface area (Å²) in [7, 11) is 1.59. The number of nitrogens with two attached hydrogens (primary N) is 1. The van der Waals surface area contributed by atoms with Crippen LogP contribution in [-0.4, -0.2) is 37.7 Å². The minimum Gasteiger partial charge on any atom is -0.383 e. The Labute approximate surface area is 153 Å². The predicted octanol–water partition coefficient (Wildman–Crippen LogP) is 2.59. The van der Waals surface area contributed by atoms with Crippen molar-refractivity contribution in [1.82, 2.24) is 30.0 Å². The molecule has 8 nitrogen and oxygen atoms in total. The number of hydrogen-bond acceptors (Lipinski definition) is 5. The van der Waals surface area contributed by atoms with Gasteiger partial charge in [0.15, 0.2) is 5.65 Å². The topological polar surface area (TPSA) is 115 Å². The molecule has 0 saturated heterocycles. The Morgan fingerprint density at radius 1 is 1.38 bits per heavy atom. The maximum atomic E-state index is 11.9. The lowest BCUT2D eigenvalue weighted by Gasteiger charge is -1.99. The molecule has 0 saturated carbocycles. The predicted molar refractivity (Wildman–Crippen MR) is 101 cm³/mol. The molecule has 9 heteroatoms. The SMILES string of the molecule is CCn1nc(-c2[nH]c3cc(C(=O)NC)ccc3c2Cl)c2c(N)ncnc21. The van der Waals surface area contributed by atoms with Crippen molar-refractivity contribution in [2.45, 2.75) is 13.5 Å². The average molecular weight is 370 g/mol. The van der Waals surface area contributed by atoms with E-state index in [1.54, 1.807) is 29.9 Å². The summed E-state index contributed by atoms with van der Waals surface area (Å²) < 4.78 is 1.75. The van der Waals surface area contributed by atoms with Gasteiger partial charge < -0.3 is 16.0 Å². The van der Waals surface area contributed by atoms with E-state index in [9.17, 15) is 4.79 Å². The van der Waals surface area contributed by atoms with E-state index in [1.165, 1.54) is 6.33 Å². The number of nitrogen functional groups attached to an aromatic ring is 1. The molecule has 3 heterocycles. The Balaban J connectivity index is 1.99. The standard InChI is InChI=1S/C17H16ClN7O/c1-3-25-16-11(15(19)21-7-22-16)13(24-25)14-12(18)9-5-4-8(17(26)20-2)6-10(9)23-14/h4-7,23H,3H2,1-2H3,(H,20,26)(H2,19,21,22). The molecule has 0 atom stereocenters. The van der Waals surface area contributed by atoms with Crippen LogP contribution >= 0.6 is 11.6 Å². The molecule has 0 aliphatic rings. The number of carbonyl (C=O) groups is 1. The van der Waals surface area contributed by atoms with E-state index in [0.29, 0.717) is 45.4 Å². The van der Waals surface area contributed by atoms with E-state index in [-0.39, 0.29) is 5.91 Å². The molecular formula is C17H16ClN7O. The van der Waals surface area contributed by atoms with Crippen LogP contribution in [0.2, 0.25) is 5.02 Å². The van der Waals surface area contributed by atoms with Gasteiger partial charge in [0.2, 0.25) is 0 Å². The second-order valence-electron chi connectivity index (χ2n) is 5.78. The lowest BCUT2D eigenvalue weighted by atomic mass is 10.1. The fourth-order valence-corrected chi connectivity index (χ4v) is 3.34. The van der Waals surface area contributed by atoms with E-state index in [2.05, 4.69) is 25.4 Å². The van der Waals surface area contributed by atoms with E-state index in [4.69, 9.17) is 17.3 Å². The molecule has 4 aromatic rings. The van der Waals surface area contributed by atoms with Crippen molar-refractivity contribution in [3.8, 4) is 11.4 Å². The summed E-state index contributed by atoms with van der Waals surface area (Å²) in [5.74, 6) is 0.169. The molecule has 0 aliphatic carbocycles. The monoisotopic (exact) mass is 369 g/mol. The Morgan fingerprint density at radius 2 is 2.19 bits per heavy atom. The van der Waals surface area contributed by atoms with Crippen LogP contribution in [0.1, 0.15) is 17.3 Å². The van der Waals surface area contributed by atoms with E-state index >= 15 is 0 Å². The minimum absolute atomic E-state index is 0.169. The van der Waals surface area contributed by atoms with Crippen LogP contribution in [0, 0.1) is 0 Å². The summed E-state index contributed by atoms with van der Waals surface area (Å²) >= 11 is 6.60. The van der Waals surface area contributed by atoms with E-state index < -0.39 is 0 Å². The van der Waals surface area contributed by atoms with Crippen LogP contribution in [0.25, 0.3) is 33.3 Å². The summed E-state index contributed by atoms with van der Waals surface area (Å²) in [6, 6.07) is 5.29. The fraction of sp³-hybridized carbons (Fsp3) is 0.176. The number of H-pyrrole nitrogens is 1. The summed E-state index contributed by atoms with van der Waals surface area (Å²) in [4.78, 5) is 23.5. The molecule has 1 aromatic carbocycles. The van der Waals surface area contributed by atoms with Crippen LogP contribution in [-0.2, 0) is 6.54 Å². The molecule has 3 aromatic heterocycles. The first kappa shape index (κ1) is 16.3. The smallest absolute Gasteiger partial charge is 0.251 e. The molecule has 0 radical (unpaired) electrons. The number of fused-ring (bicyclic) bond motifs is 2. The fourth-order valence-electron chi connectivity index (χ4n) is 3.04. The van der Waals surface area contributed by atoms with Gasteiger partial charge in [-0.2, -0.15) is 5.10 Å². The molecule has 132 valence electrons. The van der Waals surface area contributed by atoms with Crippen LogP contribution in [0.3, 0.4) is 0 Å². The van der Waals surface area contributed by atoms with Crippen LogP contribution in [0.15, 0.2) is 24.5 Å². The summed E-state index contributed by atoms with van der Waals surface area (Å²) in [6.45, 7) is 2.60. The highest BCUT2D eigenvalue weighted by Gasteiger charge is 2.21. The summed E-state index contributed by atoms with van der Waals surface area (Å²) in [5.41, 5.74) is 9.20. The highest BCUT2D eigenvalue weighted by atomic mass is 35.5. The van der Waals surface area contributed by atoms with E-state index in [0.717, 1.165) is 10.9 Å². The maximum Gasteiger partial charge on any atom is 0.251 e. The number of carbonyl (C=O) groups excluding carboxylic acids is 1. The number of rotatable bonds is 3. The van der Waals surface area contributed by atoms with Crippen LogP contribution in [0.4, 0.5) is 5.82 Å². The molecule has 1 amide bonds. The quantitative estimate of drug-likeness (QED) is 0.513. The zero-order chi connectivity index (χ0) is 18.4. The first-order valence-corrected chi connectivity index (χ1v) is 8.43. The van der Waals surface area contributed by atoms with Gasteiger partial charge in [-0.05, 0) is 19.1 Å². The summed E-state index contributed by atoms with van der Waals surface area (Å²) in [5, 5.41) is 9.17. The molecule has 0 bridgehead atoms. The van der Waals surface area contributed by atoms with Gasteiger partial charge in [0.05, 0.1) is 16.1 Å². The molecule has 0 fully saturated rings. The highest BCUT2D eigenvalue weighted by molar-refractivity contribution is 6.38. The number of benzene rings is 1. The number of amides is 1. The molecule has 0 spiro atoms. The maximum absolute atomic E-state index is 11.9. The number of aromatic amines is 1. The number of aryl methyl sites for hydroxylation is 1. The van der Waals surface area contributed by atoms with Crippen molar-refractivity contribution < 1.29 is 4.79 Å². The number of nitrogens with one attached hydrogen (secondary N) is 2. The van der Waals surface area contributed by atoms with Gasteiger partial charge in [-0.1, -0.05) is 17.7 Å². The largest absolute Gasteiger partial charge is 0.383 e. The first-order chi connectivity index (χ1) is 12.5. The molecule has 0 unspecified atom stereocenters. The summed E-state index contributed by atoms with van der Waals surface area (Å²) in [6.07, 6.45) is 1.41. The number of aromatic nitrogens is 5. The first-order valence-electron chi connectivity index (χ1n) is 8.05. The van der Waals surface area contributed by atoms with Gasteiger partial charge in [-0.3, -0.25) is 4.79 Å². The minimum atomic E-state index is -0.169.